The number of benzene rings is 1. The van der Waals surface area contributed by atoms with Gasteiger partial charge in [-0.25, -0.2) is 0 Å². The number of thiophene rings is 1. The molecule has 0 saturated carbocycles. The lowest BCUT2D eigenvalue weighted by Crippen LogP contribution is -1.91. The van der Waals surface area contributed by atoms with Crippen LogP contribution in [0.15, 0.2) is 38.6 Å². The van der Waals surface area contributed by atoms with Crippen LogP contribution >= 0.6 is 66.4 Å². The van der Waals surface area contributed by atoms with Crippen LogP contribution in [0.4, 0.5) is 0 Å². The highest BCUT2D eigenvalue weighted by Crippen LogP contribution is 2.39. The minimum atomic E-state index is -0.207. The summed E-state index contributed by atoms with van der Waals surface area (Å²) in [5.74, 6) is 0. The Morgan fingerprint density at radius 2 is 1.88 bits per heavy atom. The molecule has 1 aromatic carbocycles. The number of halogens is 4. The molecule has 0 spiro atoms. The molecule has 0 bridgehead atoms. The smallest absolute Gasteiger partial charge is 0.0942 e. The number of hydrogen-bond acceptors (Lipinski definition) is 1. The monoisotopic (exact) mass is 398 g/mol. The van der Waals surface area contributed by atoms with Crippen LogP contribution in [0.1, 0.15) is 15.8 Å². The number of rotatable bonds is 2. The van der Waals surface area contributed by atoms with Gasteiger partial charge in [-0.3, -0.25) is 0 Å². The van der Waals surface area contributed by atoms with Gasteiger partial charge in [-0.15, -0.1) is 22.9 Å². The minimum absolute atomic E-state index is 0.207. The van der Waals surface area contributed by atoms with Crippen molar-refractivity contribution in [3.05, 3.63) is 54.1 Å². The summed E-state index contributed by atoms with van der Waals surface area (Å²) in [5.41, 5.74) is 0.923. The normalized spacial score (nSPS) is 12.8. The number of alkyl halides is 1. The van der Waals surface area contributed by atoms with E-state index in [0.717, 1.165) is 18.7 Å². The van der Waals surface area contributed by atoms with Crippen molar-refractivity contribution >= 4 is 66.4 Å². The van der Waals surface area contributed by atoms with Crippen LogP contribution in [0.5, 0.6) is 0 Å². The molecule has 1 heterocycles. The summed E-state index contributed by atoms with van der Waals surface area (Å²) in [6.07, 6.45) is 0. The lowest BCUT2D eigenvalue weighted by molar-refractivity contribution is 1.18. The molecule has 1 aromatic heterocycles. The van der Waals surface area contributed by atoms with Gasteiger partial charge in [0.2, 0.25) is 0 Å². The lowest BCUT2D eigenvalue weighted by Gasteiger charge is -2.10. The van der Waals surface area contributed by atoms with Gasteiger partial charge in [0.1, 0.15) is 0 Å². The van der Waals surface area contributed by atoms with E-state index in [1.807, 2.05) is 30.3 Å². The zero-order chi connectivity index (χ0) is 11.7. The largest absolute Gasteiger partial charge is 0.131 e. The van der Waals surface area contributed by atoms with E-state index >= 15 is 0 Å². The third-order valence-electron chi connectivity index (χ3n) is 2.07. The van der Waals surface area contributed by atoms with E-state index in [0.29, 0.717) is 5.02 Å². The van der Waals surface area contributed by atoms with Crippen molar-refractivity contribution in [2.45, 2.75) is 5.38 Å². The highest BCUT2D eigenvalue weighted by Gasteiger charge is 2.16. The van der Waals surface area contributed by atoms with E-state index in [2.05, 4.69) is 31.9 Å². The molecule has 1 atom stereocenters. The Balaban J connectivity index is 2.40. The van der Waals surface area contributed by atoms with Crippen LogP contribution in [0.2, 0.25) is 5.02 Å². The first-order valence-electron chi connectivity index (χ1n) is 4.42. The van der Waals surface area contributed by atoms with Gasteiger partial charge in [0.25, 0.3) is 0 Å². The summed E-state index contributed by atoms with van der Waals surface area (Å²) in [7, 11) is 0. The molecule has 16 heavy (non-hydrogen) atoms. The molecule has 0 fully saturated rings. The molecule has 2 aromatic rings. The zero-order valence-corrected chi connectivity index (χ0v) is 13.4. The minimum Gasteiger partial charge on any atom is -0.131 e. The maximum atomic E-state index is 6.41. The topological polar surface area (TPSA) is 0 Å². The second kappa shape index (κ2) is 5.40. The fourth-order valence-corrected chi connectivity index (χ4v) is 3.80. The summed E-state index contributed by atoms with van der Waals surface area (Å²) >= 11 is 21.0. The van der Waals surface area contributed by atoms with Gasteiger partial charge in [-0.2, -0.15) is 0 Å². The van der Waals surface area contributed by atoms with E-state index in [4.69, 9.17) is 23.2 Å². The van der Waals surface area contributed by atoms with Crippen molar-refractivity contribution in [3.8, 4) is 0 Å². The first-order chi connectivity index (χ1) is 7.58. The van der Waals surface area contributed by atoms with E-state index in [9.17, 15) is 0 Å². The molecule has 2 rings (SSSR count). The van der Waals surface area contributed by atoms with E-state index in [-0.39, 0.29) is 5.38 Å². The maximum Gasteiger partial charge on any atom is 0.0942 e. The average Bonchev–Trinajstić information content (AvgIpc) is 2.67. The molecule has 0 amide bonds. The van der Waals surface area contributed by atoms with Gasteiger partial charge < -0.3 is 0 Å². The Bertz CT molecular complexity index is 510. The molecule has 1 unspecified atom stereocenters. The maximum absolute atomic E-state index is 6.41. The molecule has 0 N–H and O–H groups in total. The Kier molecular flexibility index (Phi) is 4.36. The number of hydrogen-bond donors (Lipinski definition) is 0. The Morgan fingerprint density at radius 3 is 2.50 bits per heavy atom. The first-order valence-corrected chi connectivity index (χ1v) is 7.64. The second-order valence-electron chi connectivity index (χ2n) is 3.17. The van der Waals surface area contributed by atoms with Crippen molar-refractivity contribution in [1.29, 1.82) is 0 Å². The van der Waals surface area contributed by atoms with E-state index in [1.165, 1.54) is 0 Å². The van der Waals surface area contributed by atoms with Gasteiger partial charge in [-0.1, -0.05) is 27.5 Å². The predicted octanol–water partition coefficient (Wildman–Crippen LogP) is 6.25. The fraction of sp³-hybridized carbons (Fsp3) is 0.0909. The van der Waals surface area contributed by atoms with Crippen LogP contribution < -0.4 is 0 Å². The van der Waals surface area contributed by atoms with Crippen molar-refractivity contribution < 1.29 is 0 Å². The molecular formula is C11H6Br2Cl2S. The van der Waals surface area contributed by atoms with Crippen LogP contribution in [0.25, 0.3) is 0 Å². The molecule has 0 aliphatic carbocycles. The Hall–Kier alpha value is 0.460. The summed E-state index contributed by atoms with van der Waals surface area (Å²) in [6, 6.07) is 9.69. The third kappa shape index (κ3) is 2.82. The molecule has 0 radical (unpaired) electrons. The SMILES string of the molecule is Clc1ccc(Br)cc1C(Cl)c1ccc(Br)s1. The summed E-state index contributed by atoms with van der Waals surface area (Å²) in [5, 5.41) is 0.481. The van der Waals surface area contributed by atoms with Crippen molar-refractivity contribution in [2.24, 2.45) is 0 Å². The van der Waals surface area contributed by atoms with Crippen molar-refractivity contribution in [2.75, 3.05) is 0 Å². The molecule has 0 saturated heterocycles. The van der Waals surface area contributed by atoms with Crippen LogP contribution in [-0.2, 0) is 0 Å². The Labute approximate surface area is 125 Å². The summed E-state index contributed by atoms with van der Waals surface area (Å²) in [6.45, 7) is 0. The van der Waals surface area contributed by atoms with Gasteiger partial charge >= 0.3 is 0 Å². The average molecular weight is 401 g/mol. The van der Waals surface area contributed by atoms with Crippen LogP contribution in [0, 0.1) is 0 Å². The lowest BCUT2D eigenvalue weighted by atomic mass is 10.1. The standard InChI is InChI=1S/C11H6Br2Cl2S/c12-6-1-2-8(14)7(5-6)11(15)9-3-4-10(13)16-9/h1-5,11H. The van der Waals surface area contributed by atoms with Gasteiger partial charge in [0.05, 0.1) is 9.16 Å². The van der Waals surface area contributed by atoms with Crippen LogP contribution in [-0.4, -0.2) is 0 Å². The van der Waals surface area contributed by atoms with Gasteiger partial charge in [-0.05, 0) is 51.8 Å². The fourth-order valence-electron chi connectivity index (χ4n) is 1.33. The molecule has 84 valence electrons. The molecular weight excluding hydrogens is 395 g/mol. The van der Waals surface area contributed by atoms with E-state index < -0.39 is 0 Å². The highest BCUT2D eigenvalue weighted by molar-refractivity contribution is 9.11. The van der Waals surface area contributed by atoms with Gasteiger partial charge in [0, 0.05) is 14.4 Å². The van der Waals surface area contributed by atoms with Crippen molar-refractivity contribution in [1.82, 2.24) is 0 Å². The zero-order valence-electron chi connectivity index (χ0n) is 7.88. The van der Waals surface area contributed by atoms with Gasteiger partial charge in [0.15, 0.2) is 0 Å². The van der Waals surface area contributed by atoms with Crippen molar-refractivity contribution in [3.63, 3.8) is 0 Å². The quantitative estimate of drug-likeness (QED) is 0.522. The molecule has 0 nitrogen and oxygen atoms in total. The summed E-state index contributed by atoms with van der Waals surface area (Å²) < 4.78 is 2.05. The Morgan fingerprint density at radius 1 is 1.12 bits per heavy atom. The highest BCUT2D eigenvalue weighted by atomic mass is 79.9. The summed E-state index contributed by atoms with van der Waals surface area (Å²) in [4.78, 5) is 1.08. The third-order valence-corrected chi connectivity index (χ3v) is 5.20. The van der Waals surface area contributed by atoms with E-state index in [1.54, 1.807) is 11.3 Å². The molecule has 5 heteroatoms. The predicted molar refractivity (Wildman–Crippen MR) is 78.9 cm³/mol. The first kappa shape index (κ1) is 12.9. The second-order valence-corrected chi connectivity index (χ2v) is 7.42. The van der Waals surface area contributed by atoms with Crippen LogP contribution in [0.3, 0.4) is 0 Å². The molecule has 0 aliphatic rings. The molecule has 0 aliphatic heterocycles.